The van der Waals surface area contributed by atoms with E-state index in [1.807, 2.05) is 24.3 Å². The van der Waals surface area contributed by atoms with Crippen LogP contribution >= 0.6 is 0 Å². The first-order valence-electron chi connectivity index (χ1n) is 11.1. The van der Waals surface area contributed by atoms with Crippen LogP contribution in [0.1, 0.15) is 17.7 Å². The lowest BCUT2D eigenvalue weighted by Crippen LogP contribution is -2.53. The molecule has 4 aromatic rings. The second kappa shape index (κ2) is 9.61. The smallest absolute Gasteiger partial charge is 0.165 e. The molecule has 5 atom stereocenters. The normalized spacial score (nSPS) is 24.4. The molecule has 0 unspecified atom stereocenters. The number of methoxy groups -OCH3 is 1. The van der Waals surface area contributed by atoms with Crippen molar-refractivity contribution in [2.24, 2.45) is 0 Å². The zero-order valence-corrected chi connectivity index (χ0v) is 18.8. The quantitative estimate of drug-likeness (QED) is 0.242. The van der Waals surface area contributed by atoms with Crippen LogP contribution in [-0.2, 0) is 4.74 Å². The van der Waals surface area contributed by atoms with Crippen molar-refractivity contribution in [3.63, 3.8) is 0 Å². The molecule has 4 N–H and O–H groups in total. The van der Waals surface area contributed by atoms with E-state index in [1.54, 1.807) is 49.7 Å². The van der Waals surface area contributed by atoms with Crippen LogP contribution in [0.4, 0.5) is 0 Å². The Morgan fingerprint density at radius 1 is 0.943 bits per heavy atom. The standard InChI is InChI=1S/C25H25N3O7/c1-33-18-7-4-14(5-8-18)25-22(24(31)23(30)21(13-29)34-25)28-12-20(26-27-28)17-3-2-16-11-19(35-32)9-6-15(16)10-17/h2-12,21-25,29-32H,13H2,1H3/t21-,22-,23+,24-,25+/m1/s1. The number of aliphatic hydroxyl groups is 3. The molecule has 3 aromatic carbocycles. The molecule has 0 bridgehead atoms. The minimum atomic E-state index is -1.31. The molecule has 10 heteroatoms. The molecule has 1 aromatic heterocycles. The van der Waals surface area contributed by atoms with Crippen LogP contribution in [-0.4, -0.2) is 67.6 Å². The van der Waals surface area contributed by atoms with E-state index in [2.05, 4.69) is 15.2 Å². The van der Waals surface area contributed by atoms with E-state index in [4.69, 9.17) is 14.7 Å². The highest BCUT2D eigenvalue weighted by molar-refractivity contribution is 5.87. The van der Waals surface area contributed by atoms with Gasteiger partial charge in [-0.25, -0.2) is 9.94 Å². The SMILES string of the molecule is COc1ccc([C@@H]2O[C@H](CO)[C@H](O)[C@H](O)[C@H]2n2cc(-c3ccc4cc(OO)ccc4c3)nn2)cc1. The molecule has 1 fully saturated rings. The molecule has 2 heterocycles. The Labute approximate surface area is 200 Å². The van der Waals surface area contributed by atoms with Crippen molar-refractivity contribution in [1.82, 2.24) is 15.0 Å². The average molecular weight is 479 g/mol. The second-order valence-corrected chi connectivity index (χ2v) is 8.42. The third kappa shape index (κ3) is 4.33. The Balaban J connectivity index is 1.50. The number of ether oxygens (including phenoxy) is 2. The maximum atomic E-state index is 11.0. The van der Waals surface area contributed by atoms with Crippen LogP contribution in [0.2, 0.25) is 0 Å². The maximum Gasteiger partial charge on any atom is 0.165 e. The maximum absolute atomic E-state index is 11.0. The summed E-state index contributed by atoms with van der Waals surface area (Å²) in [6.07, 6.45) is -2.55. The molecule has 0 amide bonds. The van der Waals surface area contributed by atoms with Gasteiger partial charge in [0.15, 0.2) is 5.75 Å². The summed E-state index contributed by atoms with van der Waals surface area (Å²) < 4.78 is 12.7. The van der Waals surface area contributed by atoms with Crippen molar-refractivity contribution >= 4 is 10.8 Å². The zero-order valence-electron chi connectivity index (χ0n) is 18.8. The van der Waals surface area contributed by atoms with Gasteiger partial charge in [0.05, 0.1) is 19.9 Å². The highest BCUT2D eigenvalue weighted by Crippen LogP contribution is 2.40. The summed E-state index contributed by atoms with van der Waals surface area (Å²) in [4.78, 5) is 4.30. The molecular formula is C25H25N3O7. The molecule has 0 radical (unpaired) electrons. The van der Waals surface area contributed by atoms with Gasteiger partial charge in [0.25, 0.3) is 0 Å². The molecule has 182 valence electrons. The van der Waals surface area contributed by atoms with Gasteiger partial charge in [0, 0.05) is 5.56 Å². The average Bonchev–Trinajstić information content (AvgIpc) is 3.39. The van der Waals surface area contributed by atoms with E-state index in [1.165, 1.54) is 4.68 Å². The van der Waals surface area contributed by atoms with Crippen molar-refractivity contribution in [3.05, 3.63) is 72.4 Å². The van der Waals surface area contributed by atoms with Crippen LogP contribution < -0.4 is 9.62 Å². The number of hydrogen-bond acceptors (Lipinski definition) is 9. The summed E-state index contributed by atoms with van der Waals surface area (Å²) in [5, 5.41) is 50.4. The van der Waals surface area contributed by atoms with Gasteiger partial charge in [-0.15, -0.1) is 5.10 Å². The van der Waals surface area contributed by atoms with Crippen molar-refractivity contribution in [2.45, 2.75) is 30.5 Å². The van der Waals surface area contributed by atoms with Crippen molar-refractivity contribution in [2.75, 3.05) is 13.7 Å². The fourth-order valence-corrected chi connectivity index (χ4v) is 4.46. The predicted octanol–water partition coefficient (Wildman–Crippen LogP) is 2.35. The van der Waals surface area contributed by atoms with Gasteiger partial charge in [-0.3, -0.25) is 0 Å². The van der Waals surface area contributed by atoms with E-state index in [0.29, 0.717) is 17.2 Å². The number of aromatic nitrogens is 3. The van der Waals surface area contributed by atoms with Crippen LogP contribution in [0, 0.1) is 0 Å². The summed E-state index contributed by atoms with van der Waals surface area (Å²) in [6, 6.07) is 17.2. The molecule has 0 aliphatic carbocycles. The highest BCUT2D eigenvalue weighted by atomic mass is 17.1. The number of hydrogen-bond donors (Lipinski definition) is 4. The first-order chi connectivity index (χ1) is 17.0. The molecule has 10 nitrogen and oxygen atoms in total. The van der Waals surface area contributed by atoms with E-state index in [9.17, 15) is 15.3 Å². The second-order valence-electron chi connectivity index (χ2n) is 8.42. The van der Waals surface area contributed by atoms with Crippen LogP contribution in [0.25, 0.3) is 22.0 Å². The third-order valence-electron chi connectivity index (χ3n) is 6.37. The summed E-state index contributed by atoms with van der Waals surface area (Å²) in [5.74, 6) is 1.00. The van der Waals surface area contributed by atoms with Crippen molar-refractivity contribution in [3.8, 4) is 22.8 Å². The van der Waals surface area contributed by atoms with Crippen LogP contribution in [0.5, 0.6) is 11.5 Å². The number of aliphatic hydroxyl groups excluding tert-OH is 3. The molecule has 0 saturated carbocycles. The first-order valence-corrected chi connectivity index (χ1v) is 11.1. The minimum Gasteiger partial charge on any atom is -0.497 e. The van der Waals surface area contributed by atoms with Gasteiger partial charge >= 0.3 is 0 Å². The molecule has 1 aliphatic rings. The van der Waals surface area contributed by atoms with Crippen LogP contribution in [0.15, 0.2) is 66.9 Å². The van der Waals surface area contributed by atoms with Gasteiger partial charge in [0.1, 0.15) is 41.9 Å². The summed E-state index contributed by atoms with van der Waals surface area (Å²) in [5.41, 5.74) is 2.08. The fraction of sp³-hybridized carbons (Fsp3) is 0.280. The Morgan fingerprint density at radius 2 is 1.66 bits per heavy atom. The largest absolute Gasteiger partial charge is 0.497 e. The summed E-state index contributed by atoms with van der Waals surface area (Å²) in [6.45, 7) is -0.444. The number of nitrogens with zero attached hydrogens (tertiary/aromatic N) is 3. The predicted molar refractivity (Wildman–Crippen MR) is 125 cm³/mol. The van der Waals surface area contributed by atoms with E-state index < -0.39 is 37.1 Å². The lowest BCUT2D eigenvalue weighted by Gasteiger charge is -2.42. The zero-order chi connectivity index (χ0) is 24.5. The molecule has 0 spiro atoms. The number of benzene rings is 3. The van der Waals surface area contributed by atoms with Gasteiger partial charge < -0.3 is 29.7 Å². The molecular weight excluding hydrogens is 454 g/mol. The monoisotopic (exact) mass is 479 g/mol. The van der Waals surface area contributed by atoms with Crippen molar-refractivity contribution in [1.29, 1.82) is 0 Å². The van der Waals surface area contributed by atoms with Gasteiger partial charge in [0.2, 0.25) is 0 Å². The Bertz CT molecular complexity index is 1310. The van der Waals surface area contributed by atoms with Crippen molar-refractivity contribution < 1.29 is 34.9 Å². The molecule has 5 rings (SSSR count). The minimum absolute atomic E-state index is 0.340. The van der Waals surface area contributed by atoms with Crippen LogP contribution in [0.3, 0.4) is 0 Å². The summed E-state index contributed by atoms with van der Waals surface area (Å²) in [7, 11) is 1.57. The fourth-order valence-electron chi connectivity index (χ4n) is 4.46. The third-order valence-corrected chi connectivity index (χ3v) is 6.37. The van der Waals surface area contributed by atoms with E-state index in [-0.39, 0.29) is 0 Å². The number of rotatable bonds is 6. The Morgan fingerprint density at radius 3 is 2.37 bits per heavy atom. The summed E-state index contributed by atoms with van der Waals surface area (Å²) >= 11 is 0. The molecule has 35 heavy (non-hydrogen) atoms. The van der Waals surface area contributed by atoms with Gasteiger partial charge in [-0.05, 0) is 46.7 Å². The first kappa shape index (κ1) is 23.2. The van der Waals surface area contributed by atoms with E-state index >= 15 is 0 Å². The van der Waals surface area contributed by atoms with Gasteiger partial charge in [-0.2, -0.15) is 0 Å². The topological polar surface area (TPSA) is 139 Å². The molecule has 1 aliphatic heterocycles. The van der Waals surface area contributed by atoms with Gasteiger partial charge in [-0.1, -0.05) is 35.5 Å². The number of fused-ring (bicyclic) bond motifs is 1. The highest BCUT2D eigenvalue weighted by Gasteiger charge is 2.46. The Hall–Kier alpha value is -3.54. The van der Waals surface area contributed by atoms with E-state index in [0.717, 1.165) is 21.9 Å². The molecule has 1 saturated heterocycles. The Kier molecular flexibility index (Phi) is 6.37. The lowest BCUT2D eigenvalue weighted by atomic mass is 9.89. The lowest BCUT2D eigenvalue weighted by molar-refractivity contribution is -0.208.